The summed E-state index contributed by atoms with van der Waals surface area (Å²) < 4.78 is 35.9. The van der Waals surface area contributed by atoms with Crippen LogP contribution in [-0.2, 0) is 29.3 Å². The third-order valence-corrected chi connectivity index (χ3v) is 19.5. The van der Waals surface area contributed by atoms with Crippen molar-refractivity contribution in [3.63, 3.8) is 0 Å². The molecular formula is C77H100O9. The van der Waals surface area contributed by atoms with Gasteiger partial charge < -0.3 is 28.4 Å². The third-order valence-electron chi connectivity index (χ3n) is 19.5. The predicted octanol–water partition coefficient (Wildman–Crippen LogP) is 19.3. The maximum absolute atomic E-state index is 14.2. The monoisotopic (exact) mass is 1170 g/mol. The molecule has 4 fully saturated rings. The van der Waals surface area contributed by atoms with Crippen molar-refractivity contribution in [1.82, 2.24) is 0 Å². The van der Waals surface area contributed by atoms with Crippen molar-refractivity contribution in [2.24, 2.45) is 35.5 Å². The van der Waals surface area contributed by atoms with E-state index in [1.165, 1.54) is 83.1 Å². The molecule has 462 valence electrons. The van der Waals surface area contributed by atoms with Crippen LogP contribution in [-0.4, -0.2) is 49.9 Å². The lowest BCUT2D eigenvalue weighted by Gasteiger charge is -2.43. The van der Waals surface area contributed by atoms with Crippen LogP contribution in [0.3, 0.4) is 0 Å². The number of carbonyl (C=O) groups excluding carboxylic acids is 3. The Balaban J connectivity index is 0.908. The van der Waals surface area contributed by atoms with Gasteiger partial charge in [0, 0.05) is 11.6 Å². The second kappa shape index (κ2) is 34.1. The molecule has 0 heterocycles. The van der Waals surface area contributed by atoms with Crippen LogP contribution in [0, 0.1) is 47.3 Å². The molecule has 4 aliphatic rings. The highest BCUT2D eigenvalue weighted by Crippen LogP contribution is 2.49. The quantitative estimate of drug-likeness (QED) is 0.00926. The van der Waals surface area contributed by atoms with Crippen molar-refractivity contribution in [2.75, 3.05) is 26.4 Å². The molecule has 8 rings (SSSR count). The minimum Gasteiger partial charge on any atom is -0.494 e. The first-order valence-electron chi connectivity index (χ1n) is 33.4. The smallest absolute Gasteiger partial charge is 0.339 e. The minimum atomic E-state index is -0.876. The third kappa shape index (κ3) is 19.7. The molecule has 0 unspecified atom stereocenters. The fourth-order valence-corrected chi connectivity index (χ4v) is 14.3. The highest BCUT2D eigenvalue weighted by Gasteiger charge is 2.44. The molecule has 9 nitrogen and oxygen atoms in total. The SMILES string of the molecule is C=CC(=C)OCCCCCCOc1ccc(C(=O)OC2(C#Cc3ccc(-c4ccc(C5(OC(=O)c6ccc(OCCCCCCOC(=O)C=C)cc6)CCC(C6CCC(CCC)CC6)CC5)cc4)cc3)CCC(C3CCC(CCC)CC3)CC2)cc1. The molecule has 0 aliphatic heterocycles. The zero-order chi connectivity index (χ0) is 60.4. The molecule has 0 spiro atoms. The van der Waals surface area contributed by atoms with Crippen LogP contribution in [0.1, 0.15) is 225 Å². The van der Waals surface area contributed by atoms with Crippen molar-refractivity contribution >= 4 is 17.9 Å². The number of hydrogen-bond acceptors (Lipinski definition) is 9. The Hall–Kier alpha value is -6.53. The number of hydrogen-bond donors (Lipinski definition) is 0. The van der Waals surface area contributed by atoms with Crippen LogP contribution in [0.4, 0.5) is 0 Å². The van der Waals surface area contributed by atoms with E-state index >= 15 is 0 Å². The van der Waals surface area contributed by atoms with Gasteiger partial charge >= 0.3 is 17.9 Å². The van der Waals surface area contributed by atoms with Crippen LogP contribution in [0.2, 0.25) is 0 Å². The lowest BCUT2D eigenvalue weighted by molar-refractivity contribution is -0.137. The van der Waals surface area contributed by atoms with E-state index in [1.54, 1.807) is 6.08 Å². The normalized spacial score (nSPS) is 23.7. The second-order valence-corrected chi connectivity index (χ2v) is 25.5. The maximum Gasteiger partial charge on any atom is 0.339 e. The minimum absolute atomic E-state index is 0.311. The number of carbonyl (C=O) groups is 3. The highest BCUT2D eigenvalue weighted by atomic mass is 16.6. The van der Waals surface area contributed by atoms with Gasteiger partial charge in [-0.1, -0.05) is 127 Å². The molecule has 4 aromatic carbocycles. The average molecular weight is 1170 g/mol. The summed E-state index contributed by atoms with van der Waals surface area (Å²) in [5.74, 6) is 12.6. The summed E-state index contributed by atoms with van der Waals surface area (Å²) in [6, 6.07) is 31.8. The molecule has 0 radical (unpaired) electrons. The molecule has 0 bridgehead atoms. The lowest BCUT2D eigenvalue weighted by atomic mass is 9.66. The van der Waals surface area contributed by atoms with Crippen molar-refractivity contribution in [3.8, 4) is 34.5 Å². The Bertz CT molecular complexity index is 2790. The topological polar surface area (TPSA) is 107 Å². The van der Waals surface area contributed by atoms with Crippen LogP contribution < -0.4 is 9.47 Å². The fourth-order valence-electron chi connectivity index (χ4n) is 14.3. The summed E-state index contributed by atoms with van der Waals surface area (Å²) in [6.45, 7) is 17.7. The Labute approximate surface area is 516 Å². The summed E-state index contributed by atoms with van der Waals surface area (Å²) in [5, 5.41) is 0. The standard InChI is InChI=1S/C77H100O9/c1-6-18-59-20-26-63(27-21-59)66-45-50-76(51-46-66,85-74(79)68-34-40-71(41-35-68)82-55-15-11-10-14-54-81-58(5)8-3)49-44-61-24-30-62(31-25-61)65-32-38-70(39-33-65)77(52-47-67(48-53-77)64-28-22-60(19-7-2)23-29-64)86-75(80)69-36-42-72(43-37-69)83-56-16-12-13-17-57-84-73(78)9-4/h8-9,24-25,30-43,59-60,63-64,66-67H,3-7,10-23,26-29,45-48,50-57H2,1-2H3. The maximum atomic E-state index is 14.2. The van der Waals surface area contributed by atoms with Gasteiger partial charge in [0.25, 0.3) is 0 Å². The average Bonchev–Trinajstić information content (AvgIpc) is 1.26. The number of ether oxygens (including phenoxy) is 6. The zero-order valence-electron chi connectivity index (χ0n) is 52.3. The first-order chi connectivity index (χ1) is 42.0. The lowest BCUT2D eigenvalue weighted by Crippen LogP contribution is -2.39. The van der Waals surface area contributed by atoms with Crippen LogP contribution in [0.25, 0.3) is 11.1 Å². The fraction of sp³-hybridized carbons (Fsp3) is 0.545. The van der Waals surface area contributed by atoms with Crippen LogP contribution >= 0.6 is 0 Å². The number of unbranched alkanes of at least 4 members (excludes halogenated alkanes) is 6. The summed E-state index contributed by atoms with van der Waals surface area (Å²) in [6.07, 6.45) is 33.4. The van der Waals surface area contributed by atoms with Crippen molar-refractivity contribution in [2.45, 2.75) is 205 Å². The molecular weight excluding hydrogens is 1070 g/mol. The van der Waals surface area contributed by atoms with E-state index in [0.717, 1.165) is 160 Å². The summed E-state index contributed by atoms with van der Waals surface area (Å²) in [5.41, 5.74) is 3.49. The first-order valence-corrected chi connectivity index (χ1v) is 33.4. The molecule has 0 aromatic heterocycles. The van der Waals surface area contributed by atoms with Crippen molar-refractivity contribution in [3.05, 3.63) is 157 Å². The number of benzene rings is 4. The van der Waals surface area contributed by atoms with E-state index in [-0.39, 0.29) is 17.9 Å². The van der Waals surface area contributed by atoms with Gasteiger partial charge in [0.1, 0.15) is 22.9 Å². The van der Waals surface area contributed by atoms with Crippen molar-refractivity contribution < 1.29 is 42.8 Å². The molecule has 0 atom stereocenters. The van der Waals surface area contributed by atoms with E-state index < -0.39 is 11.2 Å². The van der Waals surface area contributed by atoms with Gasteiger partial charge in [-0.15, -0.1) is 0 Å². The van der Waals surface area contributed by atoms with Gasteiger partial charge in [-0.2, -0.15) is 0 Å². The van der Waals surface area contributed by atoms with E-state index in [9.17, 15) is 14.4 Å². The van der Waals surface area contributed by atoms with Gasteiger partial charge in [0.15, 0.2) is 5.60 Å². The predicted molar refractivity (Wildman–Crippen MR) is 346 cm³/mol. The number of allylic oxidation sites excluding steroid dienone is 1. The van der Waals surface area contributed by atoms with Gasteiger partial charge in [-0.05, 0) is 253 Å². The number of rotatable bonds is 31. The van der Waals surface area contributed by atoms with Gasteiger partial charge in [-0.25, -0.2) is 14.4 Å². The van der Waals surface area contributed by atoms with Gasteiger partial charge in [-0.3, -0.25) is 0 Å². The largest absolute Gasteiger partial charge is 0.494 e. The Morgan fingerprint density at radius 3 is 1.38 bits per heavy atom. The van der Waals surface area contributed by atoms with Crippen LogP contribution in [0.15, 0.2) is 135 Å². The highest BCUT2D eigenvalue weighted by molar-refractivity contribution is 5.90. The van der Waals surface area contributed by atoms with Gasteiger partial charge in [0.2, 0.25) is 0 Å². The molecule has 4 saturated carbocycles. The van der Waals surface area contributed by atoms with Gasteiger partial charge in [0.05, 0.1) is 37.6 Å². The Morgan fingerprint density at radius 2 is 0.919 bits per heavy atom. The Morgan fingerprint density at radius 1 is 0.488 bits per heavy atom. The zero-order valence-corrected chi connectivity index (χ0v) is 52.3. The van der Waals surface area contributed by atoms with E-state index in [0.29, 0.717) is 55.1 Å². The molecule has 4 aliphatic carbocycles. The summed E-state index contributed by atoms with van der Waals surface area (Å²) in [4.78, 5) is 39.5. The summed E-state index contributed by atoms with van der Waals surface area (Å²) in [7, 11) is 0. The second-order valence-electron chi connectivity index (χ2n) is 25.5. The molecule has 9 heteroatoms. The first kappa shape index (κ1) is 65.4. The molecule has 0 N–H and O–H groups in total. The number of esters is 3. The molecule has 86 heavy (non-hydrogen) atoms. The van der Waals surface area contributed by atoms with E-state index in [1.807, 2.05) is 48.5 Å². The van der Waals surface area contributed by atoms with Crippen molar-refractivity contribution in [1.29, 1.82) is 0 Å². The molecule has 0 amide bonds. The molecule has 0 saturated heterocycles. The van der Waals surface area contributed by atoms with E-state index in [2.05, 4.69) is 94.0 Å². The summed E-state index contributed by atoms with van der Waals surface area (Å²) >= 11 is 0. The van der Waals surface area contributed by atoms with E-state index in [4.69, 9.17) is 28.4 Å². The molecule has 4 aromatic rings. The Kier molecular flexibility index (Phi) is 26.0. The van der Waals surface area contributed by atoms with Crippen LogP contribution in [0.5, 0.6) is 11.5 Å².